The van der Waals surface area contributed by atoms with E-state index in [1.165, 1.54) is 91.4 Å². The predicted molar refractivity (Wildman–Crippen MR) is 567 cm³/mol. The summed E-state index contributed by atoms with van der Waals surface area (Å²) in [7, 11) is -1.29. The van der Waals surface area contributed by atoms with Crippen molar-refractivity contribution in [2.24, 2.45) is 46.8 Å². The van der Waals surface area contributed by atoms with E-state index in [9.17, 15) is 28.8 Å². The summed E-state index contributed by atoms with van der Waals surface area (Å²) in [6, 6.07) is 41.3. The number of aliphatic hydroxyl groups excluding tert-OH is 1. The van der Waals surface area contributed by atoms with E-state index in [2.05, 4.69) is 113 Å². The minimum Gasteiger partial charge on any atom is -0.547 e. The molecule has 1 N–H and O–H groups in total. The van der Waals surface area contributed by atoms with Gasteiger partial charge in [-0.15, -0.1) is 0 Å². The molecule has 9 aliphatic carbocycles. The Kier molecular flexibility index (Phi) is 58.5. The van der Waals surface area contributed by atoms with Gasteiger partial charge in [-0.2, -0.15) is 0 Å². The molecular weight excluding hydrogens is 1960 g/mol. The van der Waals surface area contributed by atoms with Crippen molar-refractivity contribution in [2.45, 2.75) is 386 Å². The summed E-state index contributed by atoms with van der Waals surface area (Å²) >= 11 is 0. The first kappa shape index (κ1) is 125. The summed E-state index contributed by atoms with van der Waals surface area (Å²) in [6.45, 7) is 33.6. The summed E-state index contributed by atoms with van der Waals surface area (Å²) in [5, 5.41) is 8.81. The Balaban J connectivity index is 0.000000202. The van der Waals surface area contributed by atoms with Crippen molar-refractivity contribution in [3.8, 4) is 0 Å². The molecule has 824 valence electrons. The van der Waals surface area contributed by atoms with Gasteiger partial charge in [0, 0.05) is 181 Å². The molecule has 18 rings (SSSR count). The first-order valence-electron chi connectivity index (χ1n) is 55.6. The second-order valence-corrected chi connectivity index (χ2v) is 48.1. The number of hydrogen-bond acceptors (Lipinski definition) is 24. The third-order valence-electron chi connectivity index (χ3n) is 30.7. The van der Waals surface area contributed by atoms with E-state index >= 15 is 0 Å². The van der Waals surface area contributed by atoms with E-state index in [4.69, 9.17) is 85.3 Å². The quantitative estimate of drug-likeness (QED) is 0.0152. The van der Waals surface area contributed by atoms with Gasteiger partial charge in [0.05, 0.1) is 111 Å². The number of ketones is 4. The molecule has 8 saturated carbocycles. The Morgan fingerprint density at radius 1 is 0.384 bits per heavy atom. The molecule has 14 aliphatic rings. The molecule has 146 heavy (non-hydrogen) atoms. The monoisotopic (exact) mass is 2140 g/mol. The zero-order chi connectivity index (χ0) is 102. The molecule has 0 bridgehead atoms. The topological polar surface area (TPSA) is 280 Å². The van der Waals surface area contributed by atoms with Crippen LogP contribution in [0.4, 0.5) is 0 Å². The standard InChI is InChI=1S/C20H28O3.C17H24O3.C17H26O.C15H20O2.C12H20O4.C12H18O4.C10H18O3.C8H12O3.C8H16OSi.CH3.Pd/c1-16(21)7-12-20(22)19-10-8-17(9-11-19)13-14-23-15-18-5-3-2-4-6-18;1-2-4-16(5-3-1)14-18-11-8-15-6-9-17(10-7-15)19-12-13-20-17;1-17(2)11-8-15(9-12-17)10-13-18-14-16-6-4-3-5-7-16;16-15-8-6-13(7-9-15)10-11-17-12-14-4-2-1-3-5-14;2*1-2-14-11(13)9-10-3-5-12(6-4-10)15-7-8-16-12;11-6-3-9-1-4-10(5-2-9)12-7-8-13-10;9-7-1-3-8(4-2-7)10-5-6-11-8;1-7-5-6-8(7)9-10(2,3)4;;/h2-6,17,19H,7-15H2,1H3;1-5,15H,6-14H2;3-7,15H,8-14H2,1-2H3;1-5,13H,6-12H2;10H,2-9H2,1H3;9H,2-8H2,1H3;9,11H,1-8H2;1-6H2;5-6H2,1-4H3;1H3;/q;;;;;;;;;-1;. The molecule has 5 heterocycles. The van der Waals surface area contributed by atoms with Gasteiger partial charge >= 0.3 is 11.9 Å². The van der Waals surface area contributed by atoms with Crippen molar-refractivity contribution in [3.05, 3.63) is 174 Å². The van der Waals surface area contributed by atoms with Gasteiger partial charge in [0.25, 0.3) is 0 Å². The first-order chi connectivity index (χ1) is 69.6. The number of carbonyl (C=O) groups excluding carboxylic acids is 6. The van der Waals surface area contributed by atoms with Crippen LogP contribution in [0, 0.1) is 54.3 Å². The Labute approximate surface area is 891 Å². The van der Waals surface area contributed by atoms with Crippen LogP contribution < -0.4 is 0 Å². The molecule has 0 radical (unpaired) electrons. The fourth-order valence-corrected chi connectivity index (χ4v) is 22.4. The van der Waals surface area contributed by atoms with E-state index < -0.39 is 8.32 Å². The van der Waals surface area contributed by atoms with Gasteiger partial charge in [0.15, 0.2) is 28.9 Å². The van der Waals surface area contributed by atoms with Crippen molar-refractivity contribution < 1.29 is 135 Å². The number of carbonyl (C=O) groups is 6. The summed E-state index contributed by atoms with van der Waals surface area (Å²) in [5.74, 6) is 5.03. The van der Waals surface area contributed by atoms with Gasteiger partial charge < -0.3 is 97.5 Å². The molecular formula is C120H185O24PdSi-. The zero-order valence-corrected chi connectivity index (χ0v) is 93.4. The fourth-order valence-electron chi connectivity index (χ4n) is 21.4. The SMILES string of the molecule is CC(=O)CCC(=O)C1CCC(CCOCc2ccccc2)CC1.CC1(C)CCC(CCOCc2ccccc2)CC1.CC1=C(O[Si](C)(C)C)CC1.CCOC(=O)C=C1CCC2(CC1)OCCO2.CCOC(=O)CC1CCC2(CC1)OCCO2.O=C1CCC(CCOCc2ccccc2)CC1.O=C1CCC2(CC1)OCCO2.OCCC1CCC2(CC1)OCCO2.[CH3-].[Pd].c1ccc(COCCC2CCC3(CC2)OCCO3)cc1. The van der Waals surface area contributed by atoms with Gasteiger partial charge in [-0.05, 0) is 270 Å². The number of hydrogen-bond donors (Lipinski definition) is 1. The number of benzene rings is 4. The van der Waals surface area contributed by atoms with Crippen molar-refractivity contribution >= 4 is 43.4 Å². The largest absolute Gasteiger partial charge is 0.547 e. The van der Waals surface area contributed by atoms with Crippen LogP contribution in [-0.4, -0.2) is 190 Å². The molecule has 0 unspecified atom stereocenters. The van der Waals surface area contributed by atoms with Crippen LogP contribution in [0.2, 0.25) is 19.6 Å². The number of ether oxygens (including phenoxy) is 16. The third kappa shape index (κ3) is 48.6. The first-order valence-corrected chi connectivity index (χ1v) is 59.0. The van der Waals surface area contributed by atoms with Gasteiger partial charge in [-0.3, -0.25) is 19.2 Å². The van der Waals surface area contributed by atoms with Crippen LogP contribution in [0.25, 0.3) is 0 Å². The Morgan fingerprint density at radius 3 is 1.01 bits per heavy atom. The summed E-state index contributed by atoms with van der Waals surface area (Å²) in [6.07, 6.45) is 43.2. The molecule has 5 aliphatic heterocycles. The van der Waals surface area contributed by atoms with Crippen molar-refractivity contribution in [1.82, 2.24) is 0 Å². The van der Waals surface area contributed by atoms with Crippen molar-refractivity contribution in [1.29, 1.82) is 0 Å². The fraction of sp³-hybridized carbons (Fsp3) is 0.708. The van der Waals surface area contributed by atoms with Crippen LogP contribution in [0.1, 0.15) is 333 Å². The summed E-state index contributed by atoms with van der Waals surface area (Å²) < 4.78 is 94.8. The van der Waals surface area contributed by atoms with Gasteiger partial charge in [-0.1, -0.05) is 141 Å². The molecule has 26 heteroatoms. The normalized spacial score (nSPS) is 23.3. The maximum Gasteiger partial charge on any atom is 0.330 e. The van der Waals surface area contributed by atoms with E-state index in [-0.39, 0.29) is 80.4 Å². The summed E-state index contributed by atoms with van der Waals surface area (Å²) in [4.78, 5) is 67.6. The average molecular weight is 2150 g/mol. The van der Waals surface area contributed by atoms with E-state index in [1.54, 1.807) is 13.0 Å². The zero-order valence-electron chi connectivity index (χ0n) is 90.9. The second kappa shape index (κ2) is 68.3. The number of allylic oxidation sites excluding steroid dienone is 3. The number of rotatable bonds is 33. The third-order valence-corrected chi connectivity index (χ3v) is 31.6. The van der Waals surface area contributed by atoms with Gasteiger partial charge in [0.1, 0.15) is 23.1 Å². The maximum atomic E-state index is 12.0. The van der Waals surface area contributed by atoms with Gasteiger partial charge in [0.2, 0.25) is 8.32 Å². The van der Waals surface area contributed by atoms with Crippen molar-refractivity contribution in [3.63, 3.8) is 0 Å². The average Bonchev–Trinajstić information content (AvgIpc) is 1.67. The molecule has 5 saturated heterocycles. The molecule has 0 amide bonds. The number of aliphatic hydroxyl groups is 1. The van der Waals surface area contributed by atoms with Gasteiger partial charge in [-0.25, -0.2) is 4.79 Å². The smallest absolute Gasteiger partial charge is 0.330 e. The van der Waals surface area contributed by atoms with Crippen LogP contribution in [0.15, 0.2) is 144 Å². The molecule has 4 aromatic carbocycles. The Hall–Kier alpha value is -5.94. The molecule has 24 nitrogen and oxygen atoms in total. The molecule has 13 fully saturated rings. The van der Waals surface area contributed by atoms with E-state index in [1.807, 2.05) is 62.4 Å². The van der Waals surface area contributed by atoms with Crippen LogP contribution in [0.5, 0.6) is 0 Å². The molecule has 5 spiro atoms. The van der Waals surface area contributed by atoms with E-state index in [0.29, 0.717) is 151 Å². The maximum absolute atomic E-state index is 12.0. The minimum atomic E-state index is -1.29. The Morgan fingerprint density at radius 2 is 0.699 bits per heavy atom. The van der Waals surface area contributed by atoms with Crippen LogP contribution >= 0.6 is 0 Å². The van der Waals surface area contributed by atoms with E-state index in [0.717, 1.165) is 263 Å². The van der Waals surface area contributed by atoms with Crippen LogP contribution in [0.3, 0.4) is 0 Å². The Bertz CT molecular complexity index is 4240. The molecule has 0 aromatic heterocycles. The number of Topliss-reactive ketones (excluding diaryl/α,β-unsaturated/α-hetero) is 4. The number of esters is 2. The predicted octanol–water partition coefficient (Wildman–Crippen LogP) is 25.2. The molecule has 4 aromatic rings. The second-order valence-electron chi connectivity index (χ2n) is 43.7. The minimum absolute atomic E-state index is 0. The molecule has 0 atom stereocenters. The summed E-state index contributed by atoms with van der Waals surface area (Å²) in [5.41, 5.74) is 8.16. The van der Waals surface area contributed by atoms with Crippen molar-refractivity contribution in [2.75, 3.05) is 112 Å². The van der Waals surface area contributed by atoms with Crippen LogP contribution in [-0.2, 0) is 156 Å².